The molecule has 1 N–H and O–H groups in total. The van der Waals surface area contributed by atoms with Gasteiger partial charge in [-0.2, -0.15) is 13.2 Å². The van der Waals surface area contributed by atoms with Crippen LogP contribution in [0, 0.1) is 6.07 Å². The molecule has 0 heterocycles. The fraction of sp³-hybridized carbons (Fsp3) is 0.250. The van der Waals surface area contributed by atoms with Gasteiger partial charge in [-0.15, -0.1) is 0 Å². The van der Waals surface area contributed by atoms with Crippen LogP contribution in [0.4, 0.5) is 24.5 Å². The highest BCUT2D eigenvalue weighted by Crippen LogP contribution is 2.24. The largest absolute Gasteiger partial charge is 0.391 e. The summed E-state index contributed by atoms with van der Waals surface area (Å²) in [4.78, 5) is 0. The van der Waals surface area contributed by atoms with Crippen molar-refractivity contribution in [1.82, 2.24) is 0 Å². The van der Waals surface area contributed by atoms with Crippen LogP contribution in [0.25, 0.3) is 0 Å². The summed E-state index contributed by atoms with van der Waals surface area (Å²) in [6.07, 6.45) is -5.15. The number of para-hydroxylation sites is 1. The molecule has 0 amide bonds. The summed E-state index contributed by atoms with van der Waals surface area (Å²) in [6.45, 7) is -0.254. The number of halogens is 4. The highest BCUT2D eigenvalue weighted by molar-refractivity contribution is 6.30. The monoisotopic (exact) mass is 328 g/mol. The lowest BCUT2D eigenvalue weighted by Crippen LogP contribution is -2.11. The Hall–Kier alpha value is -1.72. The van der Waals surface area contributed by atoms with Crippen LogP contribution in [0.2, 0.25) is 5.02 Å². The Kier molecular flexibility index (Phi) is 5.69. The van der Waals surface area contributed by atoms with E-state index >= 15 is 0 Å². The van der Waals surface area contributed by atoms with E-state index in [1.807, 2.05) is 12.1 Å². The molecule has 0 aliphatic carbocycles. The van der Waals surface area contributed by atoms with Crippen molar-refractivity contribution in [3.63, 3.8) is 0 Å². The van der Waals surface area contributed by atoms with E-state index in [4.69, 9.17) is 16.3 Å². The number of hydrogen-bond donors (Lipinski definition) is 1. The van der Waals surface area contributed by atoms with Gasteiger partial charge in [-0.05, 0) is 18.2 Å². The molecule has 6 heteroatoms. The molecule has 1 radical (unpaired) electrons. The maximum atomic E-state index is 12.1. The molecular weight excluding hydrogens is 315 g/mol. The SMILES string of the molecule is FC(F)(F)CCOCc1ccccc1Nc1cc[c]c(Cl)c1. The minimum absolute atomic E-state index is 0.103. The van der Waals surface area contributed by atoms with Crippen molar-refractivity contribution in [3.8, 4) is 0 Å². The Morgan fingerprint density at radius 3 is 2.68 bits per heavy atom. The molecule has 0 saturated carbocycles. The molecule has 2 rings (SSSR count). The van der Waals surface area contributed by atoms with Gasteiger partial charge in [-0.1, -0.05) is 35.9 Å². The summed E-state index contributed by atoms with van der Waals surface area (Å²) in [5, 5.41) is 3.64. The molecule has 2 aromatic carbocycles. The lowest BCUT2D eigenvalue weighted by molar-refractivity contribution is -0.146. The third-order valence-electron chi connectivity index (χ3n) is 2.85. The van der Waals surface area contributed by atoms with Crippen molar-refractivity contribution >= 4 is 23.0 Å². The topological polar surface area (TPSA) is 21.3 Å². The van der Waals surface area contributed by atoms with Gasteiger partial charge in [0.25, 0.3) is 0 Å². The van der Waals surface area contributed by atoms with Crippen molar-refractivity contribution in [2.45, 2.75) is 19.2 Å². The zero-order valence-corrected chi connectivity index (χ0v) is 12.3. The summed E-state index contributed by atoms with van der Waals surface area (Å²) in [7, 11) is 0. The maximum Gasteiger partial charge on any atom is 0.391 e. The van der Waals surface area contributed by atoms with Crippen LogP contribution in [-0.2, 0) is 11.3 Å². The first kappa shape index (κ1) is 16.6. The van der Waals surface area contributed by atoms with Crippen molar-refractivity contribution in [2.75, 3.05) is 11.9 Å². The zero-order chi connectivity index (χ0) is 16.0. The molecule has 0 unspecified atom stereocenters. The molecule has 22 heavy (non-hydrogen) atoms. The summed E-state index contributed by atoms with van der Waals surface area (Å²) in [6, 6.07) is 15.3. The molecule has 0 saturated heterocycles. The van der Waals surface area contributed by atoms with Crippen molar-refractivity contribution < 1.29 is 17.9 Å². The second-order valence-electron chi connectivity index (χ2n) is 4.63. The highest BCUT2D eigenvalue weighted by atomic mass is 35.5. The van der Waals surface area contributed by atoms with Crippen molar-refractivity contribution in [1.29, 1.82) is 0 Å². The Morgan fingerprint density at radius 1 is 1.18 bits per heavy atom. The van der Waals surface area contributed by atoms with Gasteiger partial charge in [0.2, 0.25) is 0 Å². The van der Waals surface area contributed by atoms with E-state index in [0.717, 1.165) is 16.9 Å². The van der Waals surface area contributed by atoms with Gasteiger partial charge in [0, 0.05) is 23.0 Å². The standard InChI is InChI=1S/C16H14ClF3NO/c17-13-5-3-6-14(10-13)21-15-7-2-1-4-12(15)11-22-9-8-16(18,19)20/h1-4,6-7,10,21H,8-9,11H2. The first-order valence-electron chi connectivity index (χ1n) is 6.61. The molecule has 0 atom stereocenters. The maximum absolute atomic E-state index is 12.1. The second kappa shape index (κ2) is 7.51. The van der Waals surface area contributed by atoms with Crippen LogP contribution >= 0.6 is 11.6 Å². The lowest BCUT2D eigenvalue weighted by atomic mass is 10.2. The average Bonchev–Trinajstić information content (AvgIpc) is 2.44. The molecule has 0 aliphatic heterocycles. The van der Waals surface area contributed by atoms with Gasteiger partial charge in [0.1, 0.15) is 0 Å². The third kappa shape index (κ3) is 5.58. The summed E-state index contributed by atoms with van der Waals surface area (Å²) in [5.74, 6) is 0. The fourth-order valence-electron chi connectivity index (χ4n) is 1.81. The third-order valence-corrected chi connectivity index (χ3v) is 3.07. The van der Waals surface area contributed by atoms with Gasteiger partial charge in [-0.25, -0.2) is 0 Å². The van der Waals surface area contributed by atoms with Gasteiger partial charge in [0.05, 0.1) is 24.7 Å². The van der Waals surface area contributed by atoms with E-state index in [1.165, 1.54) is 0 Å². The van der Waals surface area contributed by atoms with Crippen LogP contribution in [0.3, 0.4) is 0 Å². The van der Waals surface area contributed by atoms with Gasteiger partial charge >= 0.3 is 6.18 Å². The Bertz CT molecular complexity index is 616. The second-order valence-corrected chi connectivity index (χ2v) is 5.03. The van der Waals surface area contributed by atoms with E-state index in [0.29, 0.717) is 5.02 Å². The predicted octanol–water partition coefficient (Wildman–Crippen LogP) is 5.35. The van der Waals surface area contributed by atoms with Gasteiger partial charge in [0.15, 0.2) is 0 Å². The van der Waals surface area contributed by atoms with Crippen LogP contribution in [0.5, 0.6) is 0 Å². The Balaban J connectivity index is 1.98. The minimum Gasteiger partial charge on any atom is -0.376 e. The summed E-state index contributed by atoms with van der Waals surface area (Å²) in [5.41, 5.74) is 2.30. The Morgan fingerprint density at radius 2 is 1.95 bits per heavy atom. The molecule has 0 aliphatic rings. The smallest absolute Gasteiger partial charge is 0.376 e. The number of ether oxygens (including phenoxy) is 1. The number of nitrogens with one attached hydrogen (secondary N) is 1. The molecule has 0 spiro atoms. The zero-order valence-electron chi connectivity index (χ0n) is 11.6. The Labute approximate surface area is 131 Å². The van der Waals surface area contributed by atoms with Crippen LogP contribution in [0.1, 0.15) is 12.0 Å². The summed E-state index contributed by atoms with van der Waals surface area (Å²) < 4.78 is 41.3. The average molecular weight is 329 g/mol. The molecule has 117 valence electrons. The normalized spacial score (nSPS) is 11.5. The number of hydrogen-bond acceptors (Lipinski definition) is 2. The highest BCUT2D eigenvalue weighted by Gasteiger charge is 2.26. The van der Waals surface area contributed by atoms with Gasteiger partial charge < -0.3 is 10.1 Å². The van der Waals surface area contributed by atoms with Crippen LogP contribution in [0.15, 0.2) is 42.5 Å². The summed E-state index contributed by atoms with van der Waals surface area (Å²) >= 11 is 5.87. The molecule has 2 nitrogen and oxygen atoms in total. The van der Waals surface area contributed by atoms with Crippen molar-refractivity contribution in [3.05, 3.63) is 59.1 Å². The fourth-order valence-corrected chi connectivity index (χ4v) is 1.99. The number of benzene rings is 2. The van der Waals surface area contributed by atoms with Crippen molar-refractivity contribution in [2.24, 2.45) is 0 Å². The molecule has 2 aromatic rings. The van der Waals surface area contributed by atoms with Crippen LogP contribution in [-0.4, -0.2) is 12.8 Å². The van der Waals surface area contributed by atoms with Gasteiger partial charge in [-0.3, -0.25) is 0 Å². The first-order valence-corrected chi connectivity index (χ1v) is 6.98. The number of alkyl halides is 3. The lowest BCUT2D eigenvalue weighted by Gasteiger charge is -2.13. The van der Waals surface area contributed by atoms with Crippen LogP contribution < -0.4 is 5.32 Å². The first-order chi connectivity index (χ1) is 10.4. The van der Waals surface area contributed by atoms with E-state index < -0.39 is 12.6 Å². The predicted molar refractivity (Wildman–Crippen MR) is 80.3 cm³/mol. The van der Waals surface area contributed by atoms with E-state index in [-0.39, 0.29) is 13.2 Å². The molecule has 0 fully saturated rings. The van der Waals surface area contributed by atoms with E-state index in [2.05, 4.69) is 11.4 Å². The molecule has 0 aromatic heterocycles. The quantitative estimate of drug-likeness (QED) is 0.721. The molecular formula is C16H14ClF3NO. The number of rotatable bonds is 6. The molecule has 0 bridgehead atoms. The minimum atomic E-state index is -4.20. The number of anilines is 2. The van der Waals surface area contributed by atoms with E-state index in [1.54, 1.807) is 30.3 Å². The van der Waals surface area contributed by atoms with E-state index in [9.17, 15) is 13.2 Å².